The Morgan fingerprint density at radius 3 is 2.70 bits per heavy atom. The monoisotopic (exact) mass is 370 g/mol. The molecule has 140 valence electrons. The zero-order valence-corrected chi connectivity index (χ0v) is 15.0. The Kier molecular flexibility index (Phi) is 5.65. The molecule has 8 heteroatoms. The molecule has 2 aromatic carbocycles. The number of carbonyl (C=O) groups excluding carboxylic acids is 1. The molecule has 1 amide bonds. The lowest BCUT2D eigenvalue weighted by molar-refractivity contribution is 0.0941. The molecule has 3 rings (SSSR count). The zero-order chi connectivity index (χ0) is 19.2. The summed E-state index contributed by atoms with van der Waals surface area (Å²) in [6, 6.07) is 13.0. The Bertz CT molecular complexity index is 925. The fraction of sp³-hybridized carbons (Fsp3) is 0.211. The van der Waals surface area contributed by atoms with Gasteiger partial charge >= 0.3 is 0 Å². The number of amides is 1. The van der Waals surface area contributed by atoms with Crippen LogP contribution in [-0.4, -0.2) is 41.2 Å². The Morgan fingerprint density at radius 2 is 1.96 bits per heavy atom. The lowest BCUT2D eigenvalue weighted by Gasteiger charge is -2.08. The Balaban J connectivity index is 1.58. The summed E-state index contributed by atoms with van der Waals surface area (Å²) in [4.78, 5) is 12.3. The van der Waals surface area contributed by atoms with Crippen molar-refractivity contribution in [2.75, 3.05) is 20.3 Å². The summed E-state index contributed by atoms with van der Waals surface area (Å²) < 4.78 is 25.1. The molecule has 1 heterocycles. The van der Waals surface area contributed by atoms with Crippen molar-refractivity contribution in [1.29, 1.82) is 0 Å². The fourth-order valence-electron chi connectivity index (χ4n) is 2.47. The molecule has 0 unspecified atom stereocenters. The molecule has 3 aromatic rings. The molecular weight excluding hydrogens is 351 g/mol. The van der Waals surface area contributed by atoms with Crippen molar-refractivity contribution >= 4 is 5.91 Å². The van der Waals surface area contributed by atoms with Gasteiger partial charge in [-0.05, 0) is 43.3 Å². The van der Waals surface area contributed by atoms with Crippen LogP contribution in [0.25, 0.3) is 5.69 Å². The van der Waals surface area contributed by atoms with Crippen LogP contribution in [-0.2, 0) is 0 Å². The molecule has 0 atom stereocenters. The highest BCUT2D eigenvalue weighted by Crippen LogP contribution is 2.18. The number of hydrogen-bond acceptors (Lipinski definition) is 5. The summed E-state index contributed by atoms with van der Waals surface area (Å²) in [7, 11) is 1.58. The maximum Gasteiger partial charge on any atom is 0.273 e. The highest BCUT2D eigenvalue weighted by atomic mass is 19.1. The second kappa shape index (κ2) is 8.31. The minimum absolute atomic E-state index is 0.236. The van der Waals surface area contributed by atoms with Gasteiger partial charge in [0.2, 0.25) is 0 Å². The number of halogens is 1. The SMILES string of the molecule is COc1cccc(-n2nnc(C(=O)NCCOc3ccc(F)cc3)c2C)c1. The van der Waals surface area contributed by atoms with Crippen molar-refractivity contribution in [2.24, 2.45) is 0 Å². The first-order chi connectivity index (χ1) is 13.1. The predicted octanol–water partition coefficient (Wildman–Crippen LogP) is 2.53. The Hall–Kier alpha value is -3.42. The van der Waals surface area contributed by atoms with Gasteiger partial charge in [0.25, 0.3) is 5.91 Å². The summed E-state index contributed by atoms with van der Waals surface area (Å²) >= 11 is 0. The zero-order valence-electron chi connectivity index (χ0n) is 15.0. The van der Waals surface area contributed by atoms with Gasteiger partial charge in [0.15, 0.2) is 5.69 Å². The number of aromatic nitrogens is 3. The van der Waals surface area contributed by atoms with E-state index in [0.717, 1.165) is 5.69 Å². The average Bonchev–Trinajstić information content (AvgIpc) is 3.08. The van der Waals surface area contributed by atoms with Gasteiger partial charge in [-0.25, -0.2) is 9.07 Å². The van der Waals surface area contributed by atoms with Crippen LogP contribution in [0.1, 0.15) is 16.2 Å². The van der Waals surface area contributed by atoms with Crippen molar-refractivity contribution in [2.45, 2.75) is 6.92 Å². The van der Waals surface area contributed by atoms with Crippen molar-refractivity contribution in [3.8, 4) is 17.2 Å². The summed E-state index contributed by atoms with van der Waals surface area (Å²) in [5.41, 5.74) is 1.60. The molecule has 7 nitrogen and oxygen atoms in total. The molecule has 0 bridgehead atoms. The minimum Gasteiger partial charge on any atom is -0.497 e. The molecule has 0 aliphatic heterocycles. The van der Waals surface area contributed by atoms with Crippen molar-refractivity contribution in [1.82, 2.24) is 20.3 Å². The molecule has 0 aliphatic carbocycles. The molecule has 0 saturated heterocycles. The number of hydrogen-bond donors (Lipinski definition) is 1. The largest absolute Gasteiger partial charge is 0.497 e. The predicted molar refractivity (Wildman–Crippen MR) is 96.9 cm³/mol. The molecule has 0 radical (unpaired) electrons. The number of methoxy groups -OCH3 is 1. The third kappa shape index (κ3) is 4.41. The minimum atomic E-state index is -0.343. The molecule has 1 N–H and O–H groups in total. The number of nitrogens with one attached hydrogen (secondary N) is 1. The van der Waals surface area contributed by atoms with Crippen molar-refractivity contribution < 1.29 is 18.7 Å². The van der Waals surface area contributed by atoms with E-state index in [1.807, 2.05) is 18.2 Å². The topological polar surface area (TPSA) is 78.3 Å². The lowest BCUT2D eigenvalue weighted by atomic mass is 10.2. The van der Waals surface area contributed by atoms with Gasteiger partial charge in [0.1, 0.15) is 23.9 Å². The number of rotatable bonds is 7. The second-order valence-electron chi connectivity index (χ2n) is 5.70. The second-order valence-corrected chi connectivity index (χ2v) is 5.70. The van der Waals surface area contributed by atoms with E-state index >= 15 is 0 Å². The fourth-order valence-corrected chi connectivity index (χ4v) is 2.47. The third-order valence-electron chi connectivity index (χ3n) is 3.88. The maximum atomic E-state index is 12.8. The van der Waals surface area contributed by atoms with E-state index in [1.165, 1.54) is 24.3 Å². The maximum absolute atomic E-state index is 12.8. The summed E-state index contributed by atoms with van der Waals surface area (Å²) in [6.45, 7) is 2.30. The number of carbonyl (C=O) groups is 1. The quantitative estimate of drug-likeness (QED) is 0.647. The van der Waals surface area contributed by atoms with Gasteiger partial charge in [0.05, 0.1) is 25.0 Å². The Morgan fingerprint density at radius 1 is 1.19 bits per heavy atom. The van der Waals surface area contributed by atoms with Crippen LogP contribution in [0.15, 0.2) is 48.5 Å². The van der Waals surface area contributed by atoms with E-state index < -0.39 is 0 Å². The van der Waals surface area contributed by atoms with Crippen LogP contribution in [0.4, 0.5) is 4.39 Å². The van der Waals surface area contributed by atoms with E-state index in [9.17, 15) is 9.18 Å². The summed E-state index contributed by atoms with van der Waals surface area (Å²) in [5.74, 6) is 0.548. The van der Waals surface area contributed by atoms with Gasteiger partial charge in [-0.15, -0.1) is 5.10 Å². The number of nitrogens with zero attached hydrogens (tertiary/aromatic N) is 3. The lowest BCUT2D eigenvalue weighted by Crippen LogP contribution is -2.29. The van der Waals surface area contributed by atoms with Crippen molar-refractivity contribution in [3.05, 3.63) is 65.7 Å². The molecular formula is C19H19FN4O3. The Labute approximate surface area is 155 Å². The molecule has 0 saturated carbocycles. The first-order valence-electron chi connectivity index (χ1n) is 8.32. The molecule has 0 spiro atoms. The van der Waals surface area contributed by atoms with Gasteiger partial charge in [-0.1, -0.05) is 11.3 Å². The molecule has 27 heavy (non-hydrogen) atoms. The van der Waals surface area contributed by atoms with E-state index in [-0.39, 0.29) is 30.6 Å². The first kappa shape index (κ1) is 18.4. The highest BCUT2D eigenvalue weighted by Gasteiger charge is 2.17. The third-order valence-corrected chi connectivity index (χ3v) is 3.88. The van der Waals surface area contributed by atoms with Gasteiger partial charge in [-0.3, -0.25) is 4.79 Å². The number of benzene rings is 2. The van der Waals surface area contributed by atoms with Crippen LogP contribution < -0.4 is 14.8 Å². The number of ether oxygens (including phenoxy) is 2. The van der Waals surface area contributed by atoms with Gasteiger partial charge in [-0.2, -0.15) is 0 Å². The van der Waals surface area contributed by atoms with Crippen LogP contribution in [0.2, 0.25) is 0 Å². The average molecular weight is 370 g/mol. The smallest absolute Gasteiger partial charge is 0.273 e. The highest BCUT2D eigenvalue weighted by molar-refractivity contribution is 5.93. The van der Waals surface area contributed by atoms with E-state index in [4.69, 9.17) is 9.47 Å². The molecule has 0 aliphatic rings. The van der Waals surface area contributed by atoms with E-state index in [1.54, 1.807) is 24.8 Å². The summed E-state index contributed by atoms with van der Waals surface area (Å²) in [5, 5.41) is 10.8. The van der Waals surface area contributed by atoms with Crippen LogP contribution in [0.3, 0.4) is 0 Å². The standard InChI is InChI=1S/C19H19FN4O3/c1-13-18(22-23-24(13)15-4-3-5-17(12-15)26-2)19(25)21-10-11-27-16-8-6-14(20)7-9-16/h3-9,12H,10-11H2,1-2H3,(H,21,25). The van der Waals surface area contributed by atoms with Crippen molar-refractivity contribution in [3.63, 3.8) is 0 Å². The summed E-state index contributed by atoms with van der Waals surface area (Å²) in [6.07, 6.45) is 0. The van der Waals surface area contributed by atoms with Gasteiger partial charge < -0.3 is 14.8 Å². The normalized spacial score (nSPS) is 10.5. The molecule has 0 fully saturated rings. The first-order valence-corrected chi connectivity index (χ1v) is 8.32. The molecule has 1 aromatic heterocycles. The van der Waals surface area contributed by atoms with Gasteiger partial charge in [0, 0.05) is 6.07 Å². The van der Waals surface area contributed by atoms with Crippen LogP contribution in [0.5, 0.6) is 11.5 Å². The van der Waals surface area contributed by atoms with E-state index in [0.29, 0.717) is 17.2 Å². The van der Waals surface area contributed by atoms with E-state index in [2.05, 4.69) is 15.6 Å². The van der Waals surface area contributed by atoms with Crippen LogP contribution in [0, 0.1) is 12.7 Å². The van der Waals surface area contributed by atoms with Crippen LogP contribution >= 0.6 is 0 Å².